The number of benzene rings is 1. The van der Waals surface area contributed by atoms with Crippen LogP contribution < -0.4 is 5.32 Å². The molecule has 1 amide bonds. The Balaban J connectivity index is -0.000000592. The molecule has 39 heavy (non-hydrogen) atoms. The molecular weight excluding hydrogens is 494 g/mol. The minimum atomic E-state index is -0.981. The van der Waals surface area contributed by atoms with Crippen LogP contribution in [0.3, 0.4) is 0 Å². The Bertz CT molecular complexity index is 951. The number of amides is 1. The van der Waals surface area contributed by atoms with Crippen LogP contribution in [0.25, 0.3) is 0 Å². The van der Waals surface area contributed by atoms with Crippen LogP contribution in [-0.2, 0) is 24.5 Å². The average Bonchev–Trinajstić information content (AvgIpc) is 2.99. The molecule has 0 spiro atoms. The van der Waals surface area contributed by atoms with E-state index in [0.717, 1.165) is 16.7 Å². The van der Waals surface area contributed by atoms with Crippen LogP contribution in [0.1, 0.15) is 81.9 Å². The second kappa shape index (κ2) is 30.2. The number of carboxylic acid groups (broad SMARTS) is 1. The molecule has 0 fully saturated rings. The zero-order valence-corrected chi connectivity index (χ0v) is 24.6. The summed E-state index contributed by atoms with van der Waals surface area (Å²) in [6, 6.07) is 13.5. The minimum Gasteiger partial charge on any atom is -0.478 e. The van der Waals surface area contributed by atoms with Crippen molar-refractivity contribution in [1.82, 2.24) is 15.3 Å². The number of carboxylic acids is 1. The first-order valence-corrected chi connectivity index (χ1v) is 13.1. The van der Waals surface area contributed by atoms with Gasteiger partial charge in [0.05, 0.1) is 12.2 Å². The highest BCUT2D eigenvalue weighted by molar-refractivity contribution is 5.87. The highest BCUT2D eigenvalue weighted by Gasteiger charge is 2.05. The minimum absolute atomic E-state index is 0.0772. The van der Waals surface area contributed by atoms with E-state index in [4.69, 9.17) is 14.9 Å². The number of pyridine rings is 2. The van der Waals surface area contributed by atoms with Gasteiger partial charge in [-0.2, -0.15) is 0 Å². The molecular formula is C31H47N3O5. The molecule has 216 valence electrons. The highest BCUT2D eigenvalue weighted by Crippen LogP contribution is 2.05. The summed E-state index contributed by atoms with van der Waals surface area (Å²) < 4.78 is 5.03. The molecule has 1 aromatic carbocycles. The van der Waals surface area contributed by atoms with Crippen molar-refractivity contribution in [2.45, 2.75) is 74.6 Å². The number of hydrogen-bond donors (Lipinski definition) is 3. The molecule has 2 heterocycles. The molecule has 0 aliphatic carbocycles. The Hall–Kier alpha value is -4.04. The molecule has 2 aromatic heterocycles. The lowest BCUT2D eigenvalue weighted by Crippen LogP contribution is -2.23. The van der Waals surface area contributed by atoms with Crippen LogP contribution in [0.4, 0.5) is 4.79 Å². The van der Waals surface area contributed by atoms with Gasteiger partial charge in [0, 0.05) is 36.9 Å². The third-order valence-corrected chi connectivity index (χ3v) is 3.64. The predicted molar refractivity (Wildman–Crippen MR) is 159 cm³/mol. The summed E-state index contributed by atoms with van der Waals surface area (Å²) in [5.41, 5.74) is 2.65. The van der Waals surface area contributed by atoms with E-state index in [-0.39, 0.29) is 25.3 Å². The Morgan fingerprint density at radius 1 is 0.897 bits per heavy atom. The molecule has 3 rings (SSSR count). The van der Waals surface area contributed by atoms with Gasteiger partial charge in [-0.25, -0.2) is 9.59 Å². The first kappa shape index (κ1) is 39.5. The maximum absolute atomic E-state index is 11.5. The lowest BCUT2D eigenvalue weighted by Gasteiger charge is -2.07. The van der Waals surface area contributed by atoms with Crippen molar-refractivity contribution in [1.29, 1.82) is 0 Å². The van der Waals surface area contributed by atoms with Crippen molar-refractivity contribution >= 4 is 12.1 Å². The number of nitrogens with one attached hydrogen (secondary N) is 1. The van der Waals surface area contributed by atoms with Gasteiger partial charge in [-0.1, -0.05) is 78.3 Å². The first-order chi connectivity index (χ1) is 18.9. The molecule has 3 aromatic rings. The zero-order valence-electron chi connectivity index (χ0n) is 24.6. The van der Waals surface area contributed by atoms with E-state index >= 15 is 0 Å². The van der Waals surface area contributed by atoms with Crippen molar-refractivity contribution in [2.24, 2.45) is 0 Å². The number of aromatic nitrogens is 2. The normalized spacial score (nSPS) is 8.31. The maximum Gasteiger partial charge on any atom is 0.407 e. The molecule has 0 bridgehead atoms. The molecule has 0 atom stereocenters. The number of aliphatic hydroxyl groups excluding tert-OH is 1. The fourth-order valence-corrected chi connectivity index (χ4v) is 2.11. The van der Waals surface area contributed by atoms with Gasteiger partial charge in [0.2, 0.25) is 0 Å². The van der Waals surface area contributed by atoms with Crippen LogP contribution >= 0.6 is 0 Å². The third-order valence-electron chi connectivity index (χ3n) is 3.64. The molecule has 0 unspecified atom stereocenters. The summed E-state index contributed by atoms with van der Waals surface area (Å²) in [5, 5.41) is 19.9. The van der Waals surface area contributed by atoms with Gasteiger partial charge in [0.1, 0.15) is 6.61 Å². The number of carbonyl (C=O) groups excluding carboxylic acids is 1. The predicted octanol–water partition coefficient (Wildman–Crippen LogP) is 7.44. The van der Waals surface area contributed by atoms with Gasteiger partial charge >= 0.3 is 12.1 Å². The van der Waals surface area contributed by atoms with E-state index in [2.05, 4.69) is 35.7 Å². The van der Waals surface area contributed by atoms with E-state index in [1.165, 1.54) is 18.6 Å². The summed E-state index contributed by atoms with van der Waals surface area (Å²) in [6.45, 7) is 18.0. The number of aliphatic hydroxyl groups is 1. The quantitative estimate of drug-likeness (QED) is 0.277. The van der Waals surface area contributed by atoms with Gasteiger partial charge in [-0.15, -0.1) is 6.58 Å². The van der Waals surface area contributed by atoms with Crippen LogP contribution in [0, 0.1) is 0 Å². The maximum atomic E-state index is 11.5. The number of allylic oxidation sites excluding steroid dienone is 1. The molecule has 0 saturated carbocycles. The van der Waals surface area contributed by atoms with Crippen molar-refractivity contribution in [3.05, 3.63) is 108 Å². The fraction of sp³-hybridized carbons (Fsp3) is 0.355. The van der Waals surface area contributed by atoms with Gasteiger partial charge in [-0.05, 0) is 42.3 Å². The Morgan fingerprint density at radius 2 is 1.36 bits per heavy atom. The van der Waals surface area contributed by atoms with Crippen molar-refractivity contribution in [3.63, 3.8) is 0 Å². The van der Waals surface area contributed by atoms with Gasteiger partial charge < -0.3 is 20.3 Å². The average molecular weight is 542 g/mol. The molecule has 0 aliphatic heterocycles. The molecule has 3 N–H and O–H groups in total. The van der Waals surface area contributed by atoms with Gasteiger partial charge in [0.15, 0.2) is 0 Å². The number of carbonyl (C=O) groups is 2. The number of rotatable bonds is 6. The summed E-state index contributed by atoms with van der Waals surface area (Å²) in [7, 11) is 0. The third kappa shape index (κ3) is 24.1. The number of nitrogens with zero attached hydrogens (tertiary/aromatic N) is 2. The second-order valence-corrected chi connectivity index (χ2v) is 6.93. The van der Waals surface area contributed by atoms with Crippen LogP contribution in [0.5, 0.6) is 0 Å². The zero-order chi connectivity index (χ0) is 30.3. The first-order valence-electron chi connectivity index (χ1n) is 13.1. The lowest BCUT2D eigenvalue weighted by atomic mass is 10.1. The van der Waals surface area contributed by atoms with Gasteiger partial charge in [0.25, 0.3) is 0 Å². The van der Waals surface area contributed by atoms with E-state index in [9.17, 15) is 9.59 Å². The second-order valence-electron chi connectivity index (χ2n) is 6.93. The summed E-state index contributed by atoms with van der Waals surface area (Å²) >= 11 is 0. The van der Waals surface area contributed by atoms with E-state index in [1.807, 2.05) is 46.8 Å². The number of ether oxygens (including phenoxy) is 1. The SMILES string of the molecule is C=CC.CC.CC.CCC.O=C(NCc1ccc(C(=O)O)cc1)OCc1cccnc1.OCc1cccnc1. The summed E-state index contributed by atoms with van der Waals surface area (Å²) in [6.07, 6.45) is 9.04. The van der Waals surface area contributed by atoms with E-state index < -0.39 is 12.1 Å². The molecule has 8 heteroatoms. The fourth-order valence-electron chi connectivity index (χ4n) is 2.11. The number of alkyl carbamates (subject to hydrolysis) is 1. The topological polar surface area (TPSA) is 122 Å². The van der Waals surface area contributed by atoms with Crippen molar-refractivity contribution in [2.75, 3.05) is 0 Å². The Labute approximate surface area is 234 Å². The van der Waals surface area contributed by atoms with Crippen molar-refractivity contribution in [3.8, 4) is 0 Å². The number of hydrogen-bond acceptors (Lipinski definition) is 6. The van der Waals surface area contributed by atoms with Crippen LogP contribution in [0.15, 0.2) is 86.0 Å². The summed E-state index contributed by atoms with van der Waals surface area (Å²) in [5.74, 6) is -0.981. The smallest absolute Gasteiger partial charge is 0.407 e. The van der Waals surface area contributed by atoms with Gasteiger partial charge in [-0.3, -0.25) is 9.97 Å². The lowest BCUT2D eigenvalue weighted by molar-refractivity contribution is 0.0696. The molecule has 0 saturated heterocycles. The standard InChI is InChI=1S/C15H14N2O4.C6H7NO.C3H8.C3H6.2C2H6/c18-14(19)13-5-3-11(4-6-13)9-17-15(20)21-10-12-2-1-7-16-8-12;8-5-6-2-1-3-7-4-6;2*1-3-2;2*1-2/h1-8H,9-10H2,(H,17,20)(H,18,19);1-4,8H,5H2;3H2,1-2H3;3H,1H2,2H3;2*1-2H3. The largest absolute Gasteiger partial charge is 0.478 e. The highest BCUT2D eigenvalue weighted by atomic mass is 16.5. The Kier molecular flexibility index (Phi) is 30.6. The van der Waals surface area contributed by atoms with E-state index in [0.29, 0.717) is 0 Å². The van der Waals surface area contributed by atoms with Crippen LogP contribution in [0.2, 0.25) is 0 Å². The monoisotopic (exact) mass is 541 g/mol. The molecule has 0 radical (unpaired) electrons. The Morgan fingerprint density at radius 3 is 1.72 bits per heavy atom. The van der Waals surface area contributed by atoms with Crippen LogP contribution in [-0.4, -0.2) is 32.2 Å². The summed E-state index contributed by atoms with van der Waals surface area (Å²) in [4.78, 5) is 29.9. The molecule has 0 aliphatic rings. The van der Waals surface area contributed by atoms with E-state index in [1.54, 1.807) is 55.1 Å². The number of aromatic carboxylic acids is 1. The molecule has 8 nitrogen and oxygen atoms in total. The van der Waals surface area contributed by atoms with Crippen molar-refractivity contribution < 1.29 is 24.5 Å².